The lowest BCUT2D eigenvalue weighted by Gasteiger charge is -2.26. The number of benzene rings is 1. The van der Waals surface area contributed by atoms with E-state index in [2.05, 4.69) is 72.7 Å². The fourth-order valence-corrected chi connectivity index (χ4v) is 4.05. The zero-order valence-electron chi connectivity index (χ0n) is 18.3. The molecule has 0 bridgehead atoms. The van der Waals surface area contributed by atoms with Gasteiger partial charge in [0.2, 0.25) is 0 Å². The molecule has 0 fully saturated rings. The Kier molecular flexibility index (Phi) is 11.0. The molecule has 2 atom stereocenters. The van der Waals surface area contributed by atoms with Crippen LogP contribution in [0.4, 0.5) is 0 Å². The monoisotopic (exact) mass is 362 g/mol. The minimum atomic E-state index is -0.152. The van der Waals surface area contributed by atoms with Gasteiger partial charge < -0.3 is 9.47 Å². The summed E-state index contributed by atoms with van der Waals surface area (Å²) < 4.78 is 12.2. The standard InChI is InChI=1S/C24H42O2/c1-8-12-20(9-2)15-16-25-23(10-3)26-22-14-11-13-21(17-22)24(18(4)5)19(6)7/h11,13-14,17-20,23-24H,8-10,12,15-16H2,1-7H3. The van der Waals surface area contributed by atoms with Crippen molar-refractivity contribution in [2.75, 3.05) is 6.61 Å². The van der Waals surface area contributed by atoms with Gasteiger partial charge in [-0.05, 0) is 47.8 Å². The Morgan fingerprint density at radius 1 is 0.885 bits per heavy atom. The zero-order valence-corrected chi connectivity index (χ0v) is 18.3. The highest BCUT2D eigenvalue weighted by molar-refractivity contribution is 5.31. The van der Waals surface area contributed by atoms with E-state index in [1.165, 1.54) is 24.8 Å². The molecule has 1 aromatic rings. The summed E-state index contributed by atoms with van der Waals surface area (Å²) in [5.74, 6) is 3.50. The molecule has 0 aliphatic rings. The van der Waals surface area contributed by atoms with Gasteiger partial charge in [-0.1, -0.05) is 79.9 Å². The summed E-state index contributed by atoms with van der Waals surface area (Å²) in [6.45, 7) is 16.7. The van der Waals surface area contributed by atoms with Gasteiger partial charge in [0.05, 0.1) is 6.61 Å². The van der Waals surface area contributed by atoms with Crippen molar-refractivity contribution >= 4 is 0 Å². The summed E-state index contributed by atoms with van der Waals surface area (Å²) >= 11 is 0. The largest absolute Gasteiger partial charge is 0.465 e. The molecule has 0 aliphatic carbocycles. The summed E-state index contributed by atoms with van der Waals surface area (Å²) in [4.78, 5) is 0. The first-order valence-corrected chi connectivity index (χ1v) is 10.8. The molecule has 0 radical (unpaired) electrons. The van der Waals surface area contributed by atoms with Crippen molar-refractivity contribution in [3.8, 4) is 5.75 Å². The van der Waals surface area contributed by atoms with Crippen LogP contribution >= 0.6 is 0 Å². The molecule has 2 unspecified atom stereocenters. The highest BCUT2D eigenvalue weighted by Crippen LogP contribution is 2.33. The van der Waals surface area contributed by atoms with E-state index in [1.807, 2.05) is 0 Å². The lowest BCUT2D eigenvalue weighted by molar-refractivity contribution is -0.0852. The van der Waals surface area contributed by atoms with E-state index in [0.29, 0.717) is 17.8 Å². The average Bonchev–Trinajstić information content (AvgIpc) is 2.59. The van der Waals surface area contributed by atoms with Gasteiger partial charge in [0.25, 0.3) is 0 Å². The van der Waals surface area contributed by atoms with Crippen LogP contribution in [0.1, 0.15) is 92.1 Å². The second kappa shape index (κ2) is 12.4. The molecule has 0 heterocycles. The van der Waals surface area contributed by atoms with Gasteiger partial charge >= 0.3 is 0 Å². The number of hydrogen-bond donors (Lipinski definition) is 0. The molecule has 0 spiro atoms. The molecule has 0 aromatic heterocycles. The number of rotatable bonds is 13. The lowest BCUT2D eigenvalue weighted by Crippen LogP contribution is -2.21. The van der Waals surface area contributed by atoms with E-state index in [0.717, 1.165) is 31.1 Å². The van der Waals surface area contributed by atoms with Crippen molar-refractivity contribution in [1.82, 2.24) is 0 Å². The van der Waals surface area contributed by atoms with E-state index in [-0.39, 0.29) is 6.29 Å². The summed E-state index contributed by atoms with van der Waals surface area (Å²) in [7, 11) is 0. The van der Waals surface area contributed by atoms with E-state index < -0.39 is 0 Å². The molecule has 0 N–H and O–H groups in total. The van der Waals surface area contributed by atoms with Crippen LogP contribution in [0.2, 0.25) is 0 Å². The maximum atomic E-state index is 6.17. The molecular weight excluding hydrogens is 320 g/mol. The smallest absolute Gasteiger partial charge is 0.199 e. The van der Waals surface area contributed by atoms with Crippen molar-refractivity contribution in [3.05, 3.63) is 29.8 Å². The van der Waals surface area contributed by atoms with Crippen LogP contribution < -0.4 is 4.74 Å². The Labute approximate surface area is 162 Å². The van der Waals surface area contributed by atoms with Gasteiger partial charge in [-0.25, -0.2) is 0 Å². The molecule has 26 heavy (non-hydrogen) atoms. The van der Waals surface area contributed by atoms with Crippen LogP contribution in [0.5, 0.6) is 5.75 Å². The van der Waals surface area contributed by atoms with E-state index in [1.54, 1.807) is 0 Å². The Morgan fingerprint density at radius 3 is 2.12 bits per heavy atom. The quantitative estimate of drug-likeness (QED) is 0.340. The molecule has 0 aliphatic heterocycles. The summed E-state index contributed by atoms with van der Waals surface area (Å²) in [5.41, 5.74) is 1.37. The molecule has 0 saturated heterocycles. The first kappa shape index (κ1) is 23.0. The van der Waals surface area contributed by atoms with E-state index >= 15 is 0 Å². The minimum Gasteiger partial charge on any atom is -0.465 e. The van der Waals surface area contributed by atoms with Crippen LogP contribution in [-0.2, 0) is 4.74 Å². The Morgan fingerprint density at radius 2 is 1.58 bits per heavy atom. The van der Waals surface area contributed by atoms with Gasteiger partial charge in [0.15, 0.2) is 6.29 Å². The highest BCUT2D eigenvalue weighted by Gasteiger charge is 2.20. The van der Waals surface area contributed by atoms with Gasteiger partial charge in [0.1, 0.15) is 5.75 Å². The van der Waals surface area contributed by atoms with E-state index in [4.69, 9.17) is 9.47 Å². The average molecular weight is 363 g/mol. The second-order valence-corrected chi connectivity index (χ2v) is 8.26. The van der Waals surface area contributed by atoms with Crippen molar-refractivity contribution < 1.29 is 9.47 Å². The molecule has 1 rings (SSSR count). The third-order valence-corrected chi connectivity index (χ3v) is 5.38. The van der Waals surface area contributed by atoms with Crippen LogP contribution in [0, 0.1) is 17.8 Å². The van der Waals surface area contributed by atoms with Crippen LogP contribution in [0.25, 0.3) is 0 Å². The summed E-state index contributed by atoms with van der Waals surface area (Å²) in [5, 5.41) is 0. The Balaban J connectivity index is 2.66. The van der Waals surface area contributed by atoms with Gasteiger partial charge in [-0.15, -0.1) is 0 Å². The fourth-order valence-electron chi connectivity index (χ4n) is 4.05. The predicted octanol–water partition coefficient (Wildman–Crippen LogP) is 7.43. The predicted molar refractivity (Wildman–Crippen MR) is 113 cm³/mol. The Hall–Kier alpha value is -1.02. The topological polar surface area (TPSA) is 18.5 Å². The van der Waals surface area contributed by atoms with Gasteiger partial charge in [0, 0.05) is 6.42 Å². The first-order valence-electron chi connectivity index (χ1n) is 10.8. The highest BCUT2D eigenvalue weighted by atomic mass is 16.7. The maximum absolute atomic E-state index is 6.17. The third kappa shape index (κ3) is 7.70. The normalized spacial score (nSPS) is 14.2. The number of hydrogen-bond acceptors (Lipinski definition) is 2. The Bertz CT molecular complexity index is 473. The summed E-state index contributed by atoms with van der Waals surface area (Å²) in [6.07, 6.45) is 5.64. The third-order valence-electron chi connectivity index (χ3n) is 5.38. The van der Waals surface area contributed by atoms with Crippen molar-refractivity contribution in [3.63, 3.8) is 0 Å². The fraction of sp³-hybridized carbons (Fsp3) is 0.750. The molecule has 1 aromatic carbocycles. The lowest BCUT2D eigenvalue weighted by atomic mass is 9.80. The summed E-state index contributed by atoms with van der Waals surface area (Å²) in [6, 6.07) is 8.61. The van der Waals surface area contributed by atoms with Crippen molar-refractivity contribution in [1.29, 1.82) is 0 Å². The molecule has 0 saturated carbocycles. The van der Waals surface area contributed by atoms with Crippen molar-refractivity contribution in [2.45, 2.75) is 92.8 Å². The maximum Gasteiger partial charge on any atom is 0.199 e. The SMILES string of the molecule is CCCC(CC)CCOC(CC)Oc1cccc(C(C(C)C)C(C)C)c1. The van der Waals surface area contributed by atoms with E-state index in [9.17, 15) is 0 Å². The second-order valence-electron chi connectivity index (χ2n) is 8.26. The zero-order chi connectivity index (χ0) is 19.5. The van der Waals surface area contributed by atoms with Crippen LogP contribution in [0.3, 0.4) is 0 Å². The van der Waals surface area contributed by atoms with Crippen LogP contribution in [-0.4, -0.2) is 12.9 Å². The number of ether oxygens (including phenoxy) is 2. The van der Waals surface area contributed by atoms with Crippen molar-refractivity contribution in [2.24, 2.45) is 17.8 Å². The van der Waals surface area contributed by atoms with Gasteiger partial charge in [-0.3, -0.25) is 0 Å². The van der Waals surface area contributed by atoms with Gasteiger partial charge in [-0.2, -0.15) is 0 Å². The minimum absolute atomic E-state index is 0.152. The molecular formula is C24H42O2. The molecule has 0 amide bonds. The van der Waals surface area contributed by atoms with Crippen LogP contribution in [0.15, 0.2) is 24.3 Å². The molecule has 2 nitrogen and oxygen atoms in total. The first-order chi connectivity index (χ1) is 12.4. The molecule has 2 heteroatoms. The molecule has 150 valence electrons.